The van der Waals surface area contributed by atoms with Gasteiger partial charge in [-0.15, -0.1) is 0 Å². The van der Waals surface area contributed by atoms with E-state index in [2.05, 4.69) is 15.0 Å². The van der Waals surface area contributed by atoms with Gasteiger partial charge in [0.2, 0.25) is 0 Å². The summed E-state index contributed by atoms with van der Waals surface area (Å²) in [5, 5.41) is 0. The van der Waals surface area contributed by atoms with Crippen LogP contribution >= 0.6 is 0 Å². The lowest BCUT2D eigenvalue weighted by Crippen LogP contribution is -1.98. The van der Waals surface area contributed by atoms with Gasteiger partial charge in [-0.1, -0.05) is 0 Å². The van der Waals surface area contributed by atoms with Gasteiger partial charge in [-0.05, 0) is 12.1 Å². The molecule has 12 heavy (non-hydrogen) atoms. The zero-order valence-corrected chi connectivity index (χ0v) is 6.14. The van der Waals surface area contributed by atoms with E-state index in [1.807, 2.05) is 0 Å². The maximum absolute atomic E-state index is 10.6. The van der Waals surface area contributed by atoms with Crippen LogP contribution in [0, 0.1) is 0 Å². The molecule has 0 radical (unpaired) electrons. The van der Waals surface area contributed by atoms with Crippen molar-refractivity contribution in [3.8, 4) is 0 Å². The Labute approximate surface area is 68.7 Å². The molecule has 0 atom stereocenters. The highest BCUT2D eigenvalue weighted by atomic mass is 16.2. The van der Waals surface area contributed by atoms with Crippen LogP contribution < -0.4 is 0 Å². The van der Waals surface area contributed by atoms with Crippen LogP contribution in [0.4, 0.5) is 4.79 Å². The summed E-state index contributed by atoms with van der Waals surface area (Å²) in [5.74, 6) is 0. The SMILES string of the molecule is O=C1N=CC(c2ccncc2)=N1. The van der Waals surface area contributed by atoms with Gasteiger partial charge in [0.15, 0.2) is 0 Å². The van der Waals surface area contributed by atoms with Gasteiger partial charge in [-0.25, -0.2) is 4.79 Å². The Morgan fingerprint density at radius 1 is 1.17 bits per heavy atom. The molecule has 2 amide bonds. The number of nitrogens with zero attached hydrogens (tertiary/aromatic N) is 3. The van der Waals surface area contributed by atoms with E-state index in [9.17, 15) is 4.79 Å². The van der Waals surface area contributed by atoms with Crippen LogP contribution in [0.2, 0.25) is 0 Å². The molecule has 0 bridgehead atoms. The van der Waals surface area contributed by atoms with E-state index in [1.165, 1.54) is 6.21 Å². The first-order valence-electron chi connectivity index (χ1n) is 3.43. The first kappa shape index (κ1) is 6.84. The topological polar surface area (TPSA) is 54.7 Å². The Balaban J connectivity index is 2.40. The van der Waals surface area contributed by atoms with E-state index in [-0.39, 0.29) is 0 Å². The van der Waals surface area contributed by atoms with Crippen LogP contribution in [0.25, 0.3) is 0 Å². The summed E-state index contributed by atoms with van der Waals surface area (Å²) < 4.78 is 0. The molecular weight excluding hydrogens is 154 g/mol. The number of pyridine rings is 1. The molecule has 0 N–H and O–H groups in total. The standard InChI is InChI=1S/C8H5N3O/c12-8-10-5-7(11-8)6-1-3-9-4-2-6/h1-5H. The van der Waals surface area contributed by atoms with E-state index in [4.69, 9.17) is 0 Å². The highest BCUT2D eigenvalue weighted by molar-refractivity contribution is 6.43. The fourth-order valence-corrected chi connectivity index (χ4v) is 0.939. The number of carbonyl (C=O) groups is 1. The maximum Gasteiger partial charge on any atom is 0.367 e. The van der Waals surface area contributed by atoms with Crippen LogP contribution in [-0.4, -0.2) is 22.9 Å². The normalized spacial score (nSPS) is 15.0. The van der Waals surface area contributed by atoms with Crippen molar-refractivity contribution in [2.45, 2.75) is 0 Å². The number of aromatic nitrogens is 1. The second-order valence-electron chi connectivity index (χ2n) is 2.27. The van der Waals surface area contributed by atoms with Gasteiger partial charge < -0.3 is 0 Å². The molecule has 2 rings (SSSR count). The number of rotatable bonds is 1. The fourth-order valence-electron chi connectivity index (χ4n) is 0.939. The minimum absolute atomic E-state index is 0.443. The molecule has 0 saturated carbocycles. The lowest BCUT2D eigenvalue weighted by atomic mass is 10.2. The van der Waals surface area contributed by atoms with Crippen molar-refractivity contribution in [1.82, 2.24) is 4.98 Å². The lowest BCUT2D eigenvalue weighted by molar-refractivity contribution is 0.257. The summed E-state index contributed by atoms with van der Waals surface area (Å²) in [6.07, 6.45) is 4.75. The number of carbonyl (C=O) groups excluding carboxylic acids is 1. The van der Waals surface area contributed by atoms with Crippen molar-refractivity contribution in [2.24, 2.45) is 9.98 Å². The average molecular weight is 159 g/mol. The molecule has 1 aromatic heterocycles. The molecule has 1 aromatic rings. The molecule has 0 aliphatic carbocycles. The monoisotopic (exact) mass is 159 g/mol. The van der Waals surface area contributed by atoms with Crippen LogP contribution in [0.1, 0.15) is 5.56 Å². The third-order valence-corrected chi connectivity index (χ3v) is 1.49. The molecule has 0 unspecified atom stereocenters. The maximum atomic E-state index is 10.6. The molecule has 4 heteroatoms. The molecule has 0 saturated heterocycles. The Hall–Kier alpha value is -1.84. The van der Waals surface area contributed by atoms with Crippen molar-refractivity contribution in [3.05, 3.63) is 30.1 Å². The Bertz CT molecular complexity index is 367. The predicted molar refractivity (Wildman–Crippen MR) is 44.7 cm³/mol. The first-order valence-corrected chi connectivity index (χ1v) is 3.43. The second kappa shape index (κ2) is 2.65. The molecule has 58 valence electrons. The van der Waals surface area contributed by atoms with Gasteiger partial charge in [-0.3, -0.25) is 4.98 Å². The number of amides is 2. The Kier molecular flexibility index (Phi) is 1.51. The van der Waals surface area contributed by atoms with E-state index >= 15 is 0 Å². The zero-order valence-electron chi connectivity index (χ0n) is 6.14. The minimum Gasteiger partial charge on any atom is -0.265 e. The number of aliphatic imine (C=N–C) groups is 2. The summed E-state index contributed by atoms with van der Waals surface area (Å²) in [4.78, 5) is 21.7. The number of hydrogen-bond acceptors (Lipinski definition) is 2. The molecule has 0 aromatic carbocycles. The molecule has 0 spiro atoms. The van der Waals surface area contributed by atoms with Crippen molar-refractivity contribution in [2.75, 3.05) is 0 Å². The number of urea groups is 1. The van der Waals surface area contributed by atoms with Crippen LogP contribution in [0.15, 0.2) is 34.5 Å². The molecule has 2 heterocycles. The van der Waals surface area contributed by atoms with Gasteiger partial charge >= 0.3 is 6.03 Å². The van der Waals surface area contributed by atoms with Gasteiger partial charge in [0.1, 0.15) is 0 Å². The van der Waals surface area contributed by atoms with E-state index < -0.39 is 6.03 Å². The van der Waals surface area contributed by atoms with Crippen LogP contribution in [-0.2, 0) is 0 Å². The highest BCUT2D eigenvalue weighted by Gasteiger charge is 2.08. The van der Waals surface area contributed by atoms with Gasteiger partial charge in [0.05, 0.1) is 11.9 Å². The van der Waals surface area contributed by atoms with Crippen LogP contribution in [0.3, 0.4) is 0 Å². The van der Waals surface area contributed by atoms with E-state index in [0.717, 1.165) is 5.56 Å². The molecule has 0 fully saturated rings. The summed E-state index contributed by atoms with van der Waals surface area (Å²) >= 11 is 0. The van der Waals surface area contributed by atoms with Gasteiger partial charge in [0, 0.05) is 18.0 Å². The van der Waals surface area contributed by atoms with Crippen molar-refractivity contribution in [3.63, 3.8) is 0 Å². The van der Waals surface area contributed by atoms with Crippen molar-refractivity contribution >= 4 is 18.0 Å². The predicted octanol–water partition coefficient (Wildman–Crippen LogP) is 1.08. The number of hydrogen-bond donors (Lipinski definition) is 0. The summed E-state index contributed by atoms with van der Waals surface area (Å²) in [5.41, 5.74) is 1.46. The fraction of sp³-hybridized carbons (Fsp3) is 0. The summed E-state index contributed by atoms with van der Waals surface area (Å²) in [6, 6.07) is 3.12. The quantitative estimate of drug-likeness (QED) is 0.615. The Morgan fingerprint density at radius 2 is 1.92 bits per heavy atom. The van der Waals surface area contributed by atoms with E-state index in [1.54, 1.807) is 24.5 Å². The van der Waals surface area contributed by atoms with Crippen molar-refractivity contribution in [1.29, 1.82) is 0 Å². The molecule has 1 aliphatic rings. The third kappa shape index (κ3) is 1.14. The molecular formula is C8H5N3O. The largest absolute Gasteiger partial charge is 0.367 e. The highest BCUT2D eigenvalue weighted by Crippen LogP contribution is 2.03. The van der Waals surface area contributed by atoms with Gasteiger partial charge in [0.25, 0.3) is 0 Å². The van der Waals surface area contributed by atoms with Crippen LogP contribution in [0.5, 0.6) is 0 Å². The first-order chi connectivity index (χ1) is 5.86. The summed E-state index contributed by atoms with van der Waals surface area (Å²) in [6.45, 7) is 0. The second-order valence-corrected chi connectivity index (χ2v) is 2.27. The zero-order chi connectivity index (χ0) is 8.39. The third-order valence-electron chi connectivity index (χ3n) is 1.49. The lowest BCUT2D eigenvalue weighted by Gasteiger charge is -1.92. The Morgan fingerprint density at radius 3 is 2.50 bits per heavy atom. The van der Waals surface area contributed by atoms with E-state index in [0.29, 0.717) is 5.71 Å². The summed E-state index contributed by atoms with van der Waals surface area (Å²) in [7, 11) is 0. The van der Waals surface area contributed by atoms with Gasteiger partial charge in [-0.2, -0.15) is 9.98 Å². The molecule has 1 aliphatic heterocycles. The van der Waals surface area contributed by atoms with Crippen molar-refractivity contribution < 1.29 is 4.79 Å². The smallest absolute Gasteiger partial charge is 0.265 e. The minimum atomic E-state index is -0.443. The molecule has 4 nitrogen and oxygen atoms in total. The average Bonchev–Trinajstić information content (AvgIpc) is 2.54.